The number of nitrogens with one attached hydrogen (secondary N) is 1. The zero-order valence-electron chi connectivity index (χ0n) is 18.7. The number of hydrogen-bond donors (Lipinski definition) is 1. The highest BCUT2D eigenvalue weighted by Crippen LogP contribution is 2.53. The van der Waals surface area contributed by atoms with Gasteiger partial charge in [0.15, 0.2) is 0 Å². The zero-order valence-corrected chi connectivity index (χ0v) is 18.7. The van der Waals surface area contributed by atoms with E-state index in [1.165, 1.54) is 10.0 Å². The van der Waals surface area contributed by atoms with Crippen LogP contribution in [0.1, 0.15) is 63.4 Å². The summed E-state index contributed by atoms with van der Waals surface area (Å²) in [7, 11) is 0. The van der Waals surface area contributed by atoms with Crippen LogP contribution >= 0.6 is 0 Å². The Morgan fingerprint density at radius 3 is 2.03 bits per heavy atom. The highest BCUT2D eigenvalue weighted by atomic mass is 16.6. The van der Waals surface area contributed by atoms with Crippen molar-refractivity contribution in [3.8, 4) is 0 Å². The van der Waals surface area contributed by atoms with Crippen molar-refractivity contribution in [1.29, 1.82) is 0 Å². The van der Waals surface area contributed by atoms with Crippen LogP contribution in [0.3, 0.4) is 0 Å². The van der Waals surface area contributed by atoms with Crippen molar-refractivity contribution in [3.05, 3.63) is 46.5 Å². The molecule has 1 aliphatic carbocycles. The molecular formula is C23H29N3O5. The number of ether oxygens (including phenoxy) is 2. The third kappa shape index (κ3) is 3.25. The second-order valence-electron chi connectivity index (χ2n) is 9.01. The van der Waals surface area contributed by atoms with Crippen molar-refractivity contribution in [1.82, 2.24) is 15.3 Å². The van der Waals surface area contributed by atoms with E-state index in [-0.39, 0.29) is 30.1 Å². The summed E-state index contributed by atoms with van der Waals surface area (Å²) in [4.78, 5) is 39.2. The van der Waals surface area contributed by atoms with Gasteiger partial charge in [-0.05, 0) is 58.7 Å². The molecule has 3 amide bonds. The average Bonchev–Trinajstić information content (AvgIpc) is 3.18. The molecule has 4 rings (SSSR count). The predicted octanol–water partition coefficient (Wildman–Crippen LogP) is 3.59. The summed E-state index contributed by atoms with van der Waals surface area (Å²) in [6.45, 7) is 11.0. The van der Waals surface area contributed by atoms with Crippen molar-refractivity contribution in [2.45, 2.75) is 77.8 Å². The van der Waals surface area contributed by atoms with E-state index in [4.69, 9.17) is 9.47 Å². The van der Waals surface area contributed by atoms with Crippen LogP contribution in [0.25, 0.3) is 0 Å². The Morgan fingerprint density at radius 1 is 0.935 bits per heavy atom. The van der Waals surface area contributed by atoms with Gasteiger partial charge in [-0.2, -0.15) is 0 Å². The molecule has 0 aromatic heterocycles. The Labute approximate surface area is 182 Å². The fourth-order valence-corrected chi connectivity index (χ4v) is 5.05. The summed E-state index contributed by atoms with van der Waals surface area (Å²) in [5.41, 5.74) is 3.41. The van der Waals surface area contributed by atoms with E-state index in [0.717, 1.165) is 16.7 Å². The Morgan fingerprint density at radius 2 is 1.48 bits per heavy atom. The van der Waals surface area contributed by atoms with Gasteiger partial charge in [0.2, 0.25) is 0 Å². The molecule has 1 saturated heterocycles. The highest BCUT2D eigenvalue weighted by molar-refractivity contribution is 5.98. The monoisotopic (exact) mass is 427 g/mol. The minimum absolute atomic E-state index is 0.175. The van der Waals surface area contributed by atoms with Gasteiger partial charge < -0.3 is 14.8 Å². The molecule has 3 aliphatic rings. The van der Waals surface area contributed by atoms with Crippen LogP contribution in [0.15, 0.2) is 35.4 Å². The molecule has 8 heteroatoms. The Bertz CT molecular complexity index is 966. The minimum Gasteiger partial charge on any atom is -0.445 e. The molecule has 2 heterocycles. The zero-order chi connectivity index (χ0) is 22.6. The Balaban J connectivity index is 1.88. The number of nitrogens with zero attached hydrogens (tertiary/aromatic N) is 2. The number of carbonyl (C=O) groups is 3. The maximum atomic E-state index is 13.2. The lowest BCUT2D eigenvalue weighted by Crippen LogP contribution is -2.65. The summed E-state index contributed by atoms with van der Waals surface area (Å²) in [5.74, 6) is -0.363. The molecule has 8 nitrogen and oxygen atoms in total. The number of hydrazine groups is 1. The lowest BCUT2D eigenvalue weighted by atomic mass is 9.82. The largest absolute Gasteiger partial charge is 0.445 e. The van der Waals surface area contributed by atoms with E-state index in [0.29, 0.717) is 5.56 Å². The smallest absolute Gasteiger partial charge is 0.429 e. The molecule has 166 valence electrons. The second-order valence-corrected chi connectivity index (χ2v) is 9.01. The molecule has 2 bridgehead atoms. The fraction of sp³-hybridized carbons (Fsp3) is 0.522. The molecule has 0 radical (unpaired) electrons. The standard InChI is InChI=1S/C23H29N3O5/c1-11(2)16-19-17-14-9-7-8-10-15(14)21(27)24-18(17)20(16)26(23(29)31-13(5)6)25(19)22(28)30-12(3)4/h7-10,12-13,17-20H,1-6H3,(H,24,27)/t17-,18+,19-,20+/m0/s1. The van der Waals surface area contributed by atoms with E-state index in [9.17, 15) is 14.4 Å². The van der Waals surface area contributed by atoms with Crippen LogP contribution in [0, 0.1) is 0 Å². The normalized spacial score (nSPS) is 26.1. The van der Waals surface area contributed by atoms with Gasteiger partial charge in [-0.3, -0.25) is 4.79 Å². The third-order valence-electron chi connectivity index (χ3n) is 5.95. The first kappa shape index (κ1) is 21.2. The molecule has 31 heavy (non-hydrogen) atoms. The number of carbonyl (C=O) groups excluding carboxylic acids is 3. The number of fused-ring (bicyclic) bond motifs is 7. The van der Waals surface area contributed by atoms with Gasteiger partial charge >= 0.3 is 12.2 Å². The maximum Gasteiger partial charge on any atom is 0.429 e. The van der Waals surface area contributed by atoms with Crippen LogP contribution in [0.2, 0.25) is 0 Å². The lowest BCUT2D eigenvalue weighted by Gasteiger charge is -2.46. The summed E-state index contributed by atoms with van der Waals surface area (Å²) < 4.78 is 11.0. The minimum atomic E-state index is -0.631. The van der Waals surface area contributed by atoms with Crippen molar-refractivity contribution in [2.24, 2.45) is 0 Å². The summed E-state index contributed by atoms with van der Waals surface area (Å²) in [5, 5.41) is 5.82. The average molecular weight is 428 g/mol. The lowest BCUT2D eigenvalue weighted by molar-refractivity contribution is -0.0643. The Hall–Kier alpha value is -3.03. The molecule has 1 N–H and O–H groups in total. The number of amides is 3. The van der Waals surface area contributed by atoms with Gasteiger partial charge in [0.05, 0.1) is 24.3 Å². The SMILES string of the molecule is CC(C)=C1[C@@H]2[C@@H]3NC(=O)c4ccccc4[C@@H]3[C@H]1N(C(=O)OC(C)C)N2C(=O)OC(C)C. The molecule has 2 aliphatic heterocycles. The molecular weight excluding hydrogens is 398 g/mol. The first-order valence-corrected chi connectivity index (χ1v) is 10.7. The molecule has 1 saturated carbocycles. The molecule has 1 aromatic carbocycles. The number of benzene rings is 1. The van der Waals surface area contributed by atoms with Gasteiger partial charge in [0.1, 0.15) is 6.04 Å². The van der Waals surface area contributed by atoms with Crippen LogP contribution in [-0.2, 0) is 9.47 Å². The van der Waals surface area contributed by atoms with Gasteiger partial charge in [-0.15, -0.1) is 0 Å². The van der Waals surface area contributed by atoms with Crippen molar-refractivity contribution >= 4 is 18.1 Å². The predicted molar refractivity (Wildman–Crippen MR) is 113 cm³/mol. The van der Waals surface area contributed by atoms with Gasteiger partial charge in [-0.25, -0.2) is 19.6 Å². The van der Waals surface area contributed by atoms with Crippen LogP contribution in [-0.4, -0.2) is 58.4 Å². The summed E-state index contributed by atoms with van der Waals surface area (Å²) in [6, 6.07) is 6.10. The molecule has 0 unspecified atom stereocenters. The molecule has 0 spiro atoms. The van der Waals surface area contributed by atoms with E-state index < -0.39 is 24.3 Å². The van der Waals surface area contributed by atoms with Crippen LogP contribution in [0.4, 0.5) is 9.59 Å². The van der Waals surface area contributed by atoms with Gasteiger partial charge in [0, 0.05) is 11.5 Å². The third-order valence-corrected chi connectivity index (χ3v) is 5.95. The molecule has 2 fully saturated rings. The summed E-state index contributed by atoms with van der Waals surface area (Å²) in [6.07, 6.45) is -1.94. The number of allylic oxidation sites excluding steroid dienone is 1. The van der Waals surface area contributed by atoms with E-state index in [1.807, 2.05) is 32.0 Å². The highest BCUT2D eigenvalue weighted by Gasteiger charge is 2.66. The second kappa shape index (κ2) is 7.59. The van der Waals surface area contributed by atoms with Crippen molar-refractivity contribution in [3.63, 3.8) is 0 Å². The maximum absolute atomic E-state index is 13.2. The number of hydrogen-bond acceptors (Lipinski definition) is 5. The quantitative estimate of drug-likeness (QED) is 0.729. The first-order chi connectivity index (χ1) is 14.6. The fourth-order valence-electron chi connectivity index (χ4n) is 5.05. The van der Waals surface area contributed by atoms with Gasteiger partial charge in [0.25, 0.3) is 5.91 Å². The number of rotatable bonds is 2. The molecule has 1 aromatic rings. The van der Waals surface area contributed by atoms with Crippen molar-refractivity contribution < 1.29 is 23.9 Å². The molecule has 4 atom stereocenters. The van der Waals surface area contributed by atoms with E-state index in [2.05, 4.69) is 5.32 Å². The first-order valence-electron chi connectivity index (χ1n) is 10.7. The van der Waals surface area contributed by atoms with Crippen LogP contribution < -0.4 is 5.32 Å². The van der Waals surface area contributed by atoms with Crippen LogP contribution in [0.5, 0.6) is 0 Å². The summed E-state index contributed by atoms with van der Waals surface area (Å²) >= 11 is 0. The van der Waals surface area contributed by atoms with E-state index in [1.54, 1.807) is 33.8 Å². The topological polar surface area (TPSA) is 88.2 Å². The van der Waals surface area contributed by atoms with E-state index >= 15 is 0 Å². The Kier molecular flexibility index (Phi) is 5.19. The van der Waals surface area contributed by atoms with Crippen molar-refractivity contribution in [2.75, 3.05) is 0 Å². The van der Waals surface area contributed by atoms with Gasteiger partial charge in [-0.1, -0.05) is 23.8 Å².